The van der Waals surface area contributed by atoms with E-state index in [0.29, 0.717) is 57.1 Å². The quantitative estimate of drug-likeness (QED) is 0.140. The first-order valence-electron chi connectivity index (χ1n) is 15.0. The molecule has 15 heteroatoms. The molecule has 3 amide bonds. The second-order valence-electron chi connectivity index (χ2n) is 10.5. The van der Waals surface area contributed by atoms with Crippen molar-refractivity contribution >= 4 is 50.9 Å². The van der Waals surface area contributed by atoms with Crippen LogP contribution >= 0.6 is 0 Å². The number of aliphatic hydroxyl groups excluding tert-OH is 1. The van der Waals surface area contributed by atoms with Crippen LogP contribution in [0, 0.1) is 0 Å². The van der Waals surface area contributed by atoms with Gasteiger partial charge >= 0.3 is 0 Å². The minimum absolute atomic E-state index is 0.0270. The zero-order valence-corrected chi connectivity index (χ0v) is 26.1. The largest absolute Gasteiger partial charge is 0.492 e. The van der Waals surface area contributed by atoms with Gasteiger partial charge in [0.25, 0.3) is 11.8 Å². The maximum absolute atomic E-state index is 13.3. The van der Waals surface area contributed by atoms with Crippen LogP contribution in [0.2, 0.25) is 0 Å². The smallest absolute Gasteiger partial charge is 0.275 e. The Morgan fingerprint density at radius 3 is 2.18 bits per heavy atom. The van der Waals surface area contributed by atoms with Crippen molar-refractivity contribution in [3.05, 3.63) is 97.2 Å². The van der Waals surface area contributed by atoms with Crippen LogP contribution in [0.4, 0.5) is 11.4 Å². The number of benzene rings is 2. The lowest BCUT2D eigenvalue weighted by Gasteiger charge is -2.14. The number of nitrogens with zero attached hydrogens (tertiary/aromatic N) is 6. The van der Waals surface area contributed by atoms with Gasteiger partial charge in [0, 0.05) is 60.2 Å². The van der Waals surface area contributed by atoms with Gasteiger partial charge in [-0.25, -0.2) is 9.97 Å². The molecule has 4 aromatic heterocycles. The highest BCUT2D eigenvalue weighted by Crippen LogP contribution is 2.34. The molecule has 0 aliphatic heterocycles. The Labute approximate surface area is 278 Å². The summed E-state index contributed by atoms with van der Waals surface area (Å²) >= 11 is 0. The van der Waals surface area contributed by atoms with Gasteiger partial charge in [-0.1, -0.05) is 6.07 Å². The zero-order valence-electron chi connectivity index (χ0n) is 26.1. The van der Waals surface area contributed by atoms with Gasteiger partial charge in [0.2, 0.25) is 5.91 Å². The summed E-state index contributed by atoms with van der Waals surface area (Å²) in [7, 11) is 0. The highest BCUT2D eigenvalue weighted by molar-refractivity contribution is 6.10. The van der Waals surface area contributed by atoms with E-state index in [9.17, 15) is 19.5 Å². The molecule has 6 aromatic rings. The van der Waals surface area contributed by atoms with Crippen LogP contribution in [-0.2, 0) is 4.79 Å². The van der Waals surface area contributed by atoms with E-state index in [1.54, 1.807) is 48.8 Å². The predicted octanol–water partition coefficient (Wildman–Crippen LogP) is 3.42. The summed E-state index contributed by atoms with van der Waals surface area (Å²) in [4.78, 5) is 63.3. The Balaban J connectivity index is 1.27. The molecule has 0 unspecified atom stereocenters. The lowest BCUT2D eigenvalue weighted by atomic mass is 10.0. The fourth-order valence-corrected chi connectivity index (χ4v) is 4.91. The number of rotatable bonds is 12. The van der Waals surface area contributed by atoms with E-state index >= 15 is 0 Å². The lowest BCUT2D eigenvalue weighted by Crippen LogP contribution is -2.25. The molecule has 0 saturated heterocycles. The second-order valence-corrected chi connectivity index (χ2v) is 10.5. The number of aromatic nitrogens is 6. The van der Waals surface area contributed by atoms with Crippen LogP contribution < -0.4 is 25.4 Å². The molecule has 246 valence electrons. The van der Waals surface area contributed by atoms with Gasteiger partial charge < -0.3 is 30.5 Å². The Kier molecular flexibility index (Phi) is 9.81. The first-order chi connectivity index (χ1) is 23.9. The second kappa shape index (κ2) is 14.9. The summed E-state index contributed by atoms with van der Waals surface area (Å²) in [6.45, 7) is 1.80. The van der Waals surface area contributed by atoms with Crippen LogP contribution in [0.15, 0.2) is 85.8 Å². The minimum Gasteiger partial charge on any atom is -0.492 e. The number of aliphatic hydroxyl groups is 1. The van der Waals surface area contributed by atoms with Crippen molar-refractivity contribution in [2.24, 2.45) is 0 Å². The molecule has 6 rings (SSSR count). The van der Waals surface area contributed by atoms with Crippen molar-refractivity contribution in [2.75, 3.05) is 37.0 Å². The van der Waals surface area contributed by atoms with E-state index in [-0.39, 0.29) is 37.1 Å². The third kappa shape index (κ3) is 7.69. The molecule has 49 heavy (non-hydrogen) atoms. The van der Waals surface area contributed by atoms with Gasteiger partial charge in [0.05, 0.1) is 59.8 Å². The maximum Gasteiger partial charge on any atom is 0.275 e. The molecule has 4 heterocycles. The molecular formula is C34H29N9O6. The molecule has 0 atom stereocenters. The van der Waals surface area contributed by atoms with Gasteiger partial charge in [-0.3, -0.25) is 34.3 Å². The number of hydrogen-bond acceptors (Lipinski definition) is 12. The van der Waals surface area contributed by atoms with Crippen molar-refractivity contribution in [1.29, 1.82) is 0 Å². The van der Waals surface area contributed by atoms with E-state index in [2.05, 4.69) is 45.9 Å². The summed E-state index contributed by atoms with van der Waals surface area (Å²) < 4.78 is 11.5. The number of pyridine rings is 2. The average molecular weight is 660 g/mol. The number of nitrogens with one attached hydrogen (secondary N) is 3. The number of amides is 3. The van der Waals surface area contributed by atoms with Crippen LogP contribution in [0.3, 0.4) is 0 Å². The number of anilines is 2. The van der Waals surface area contributed by atoms with Crippen LogP contribution in [-0.4, -0.2) is 79.1 Å². The molecule has 0 aliphatic rings. The van der Waals surface area contributed by atoms with Crippen LogP contribution in [0.5, 0.6) is 11.5 Å². The Morgan fingerprint density at radius 1 is 0.735 bits per heavy atom. The number of hydrogen-bond donors (Lipinski definition) is 4. The van der Waals surface area contributed by atoms with Crippen molar-refractivity contribution in [2.45, 2.75) is 6.92 Å². The van der Waals surface area contributed by atoms with Gasteiger partial charge in [-0.15, -0.1) is 0 Å². The van der Waals surface area contributed by atoms with Crippen LogP contribution in [0.1, 0.15) is 27.9 Å². The van der Waals surface area contributed by atoms with Crippen molar-refractivity contribution in [3.8, 4) is 22.8 Å². The summed E-state index contributed by atoms with van der Waals surface area (Å²) in [5, 5.41) is 19.0. The zero-order chi connectivity index (χ0) is 34.2. The van der Waals surface area contributed by atoms with E-state index in [4.69, 9.17) is 9.47 Å². The summed E-state index contributed by atoms with van der Waals surface area (Å²) in [5.41, 5.74) is 2.94. The standard InChI is InChI=1S/C34H29N9O6/c1-20(45)36-9-11-48-22-13-21-3-2-5-38-31(21)26(15-22)42-34(47)30-19-40-28(18-41-30)24-4-6-39-32-25(24)14-23(49-12-10-44)16-27(32)43-33(46)29-17-35-7-8-37-29/h2-8,13-19,44H,9-12H2,1H3,(H,36,45)(H,42,47)(H,43,46). The van der Waals surface area contributed by atoms with E-state index in [1.165, 1.54) is 37.9 Å². The van der Waals surface area contributed by atoms with Crippen molar-refractivity contribution < 1.29 is 29.0 Å². The molecule has 0 bridgehead atoms. The molecule has 0 spiro atoms. The topological polar surface area (TPSA) is 203 Å². The molecule has 0 fully saturated rings. The van der Waals surface area contributed by atoms with Crippen LogP contribution in [0.25, 0.3) is 33.1 Å². The summed E-state index contributed by atoms with van der Waals surface area (Å²) in [6, 6.07) is 12.1. The normalized spacial score (nSPS) is 10.8. The third-order valence-electron chi connectivity index (χ3n) is 7.05. The highest BCUT2D eigenvalue weighted by Gasteiger charge is 2.18. The monoisotopic (exact) mass is 659 g/mol. The molecule has 0 saturated carbocycles. The summed E-state index contributed by atoms with van der Waals surface area (Å²) in [5.74, 6) is -0.318. The SMILES string of the molecule is CC(=O)NCCOc1cc(NC(=O)c2cnc(-c3ccnc4c(NC(=O)c5cnccn5)cc(OCCO)cc34)cn2)c2ncccc2c1. The molecule has 15 nitrogen and oxygen atoms in total. The number of ether oxygens (including phenoxy) is 2. The fraction of sp³-hybridized carbons (Fsp3) is 0.147. The van der Waals surface area contributed by atoms with E-state index in [1.807, 2.05) is 6.07 Å². The lowest BCUT2D eigenvalue weighted by molar-refractivity contribution is -0.119. The minimum atomic E-state index is -0.519. The number of carbonyl (C=O) groups excluding carboxylic acids is 3. The average Bonchev–Trinajstić information content (AvgIpc) is 3.12. The molecule has 0 radical (unpaired) electrons. The van der Waals surface area contributed by atoms with E-state index < -0.39 is 11.8 Å². The predicted molar refractivity (Wildman–Crippen MR) is 179 cm³/mol. The summed E-state index contributed by atoms with van der Waals surface area (Å²) in [6.07, 6.45) is 10.2. The van der Waals surface area contributed by atoms with Crippen molar-refractivity contribution in [1.82, 2.24) is 35.2 Å². The third-order valence-corrected chi connectivity index (χ3v) is 7.05. The van der Waals surface area contributed by atoms with Crippen molar-refractivity contribution in [3.63, 3.8) is 0 Å². The highest BCUT2D eigenvalue weighted by atomic mass is 16.5. The van der Waals surface area contributed by atoms with E-state index in [0.717, 1.165) is 5.39 Å². The van der Waals surface area contributed by atoms with Gasteiger partial charge in [-0.2, -0.15) is 0 Å². The first kappa shape index (κ1) is 32.3. The first-order valence-corrected chi connectivity index (χ1v) is 15.0. The van der Waals surface area contributed by atoms with Gasteiger partial charge in [-0.05, 0) is 24.3 Å². The molecule has 2 aromatic carbocycles. The fourth-order valence-electron chi connectivity index (χ4n) is 4.91. The van der Waals surface area contributed by atoms with Gasteiger partial charge in [0.15, 0.2) is 0 Å². The number of carbonyl (C=O) groups is 3. The Hall–Kier alpha value is -6.61. The maximum atomic E-state index is 13.3. The Bertz CT molecular complexity index is 2150. The number of fused-ring (bicyclic) bond motifs is 2. The molecule has 4 N–H and O–H groups in total. The molecular weight excluding hydrogens is 630 g/mol. The molecule has 0 aliphatic carbocycles. The Morgan fingerprint density at radius 2 is 1.47 bits per heavy atom. The van der Waals surface area contributed by atoms with Gasteiger partial charge in [0.1, 0.15) is 36.1 Å².